The molecule has 86 valence electrons. The normalized spacial score (nSPS) is 12.9. The van der Waals surface area contributed by atoms with E-state index in [0.29, 0.717) is 0 Å². The molecule has 0 amide bonds. The molecule has 0 unspecified atom stereocenters. The molecule has 0 radical (unpaired) electrons. The summed E-state index contributed by atoms with van der Waals surface area (Å²) in [5.74, 6) is 0. The summed E-state index contributed by atoms with van der Waals surface area (Å²) in [7, 11) is 0. The van der Waals surface area contributed by atoms with Gasteiger partial charge in [-0.1, -0.05) is 20.8 Å². The fraction of sp³-hybridized carbons (Fsp3) is 0.667. The predicted molar refractivity (Wildman–Crippen MR) is 48.8 cm³/mol. The van der Waals surface area contributed by atoms with Crippen molar-refractivity contribution in [1.29, 1.82) is 0 Å². The number of H-pyrrole nitrogens is 1. The predicted octanol–water partition coefficient (Wildman–Crippen LogP) is 2.65. The number of aromatic amines is 1. The molecule has 1 aromatic heterocycles. The molecule has 0 aliphatic heterocycles. The average Bonchev–Trinajstić information content (AvgIpc) is 2.45. The van der Waals surface area contributed by atoms with Gasteiger partial charge in [0.05, 0.1) is 6.20 Å². The fourth-order valence-corrected chi connectivity index (χ4v) is 0.908. The van der Waals surface area contributed by atoms with Gasteiger partial charge in [0.25, 0.3) is 6.01 Å². The highest BCUT2D eigenvalue weighted by atomic mass is 19.4. The summed E-state index contributed by atoms with van der Waals surface area (Å²) in [5, 5.41) is 0. The van der Waals surface area contributed by atoms with E-state index in [0.717, 1.165) is 5.69 Å². The van der Waals surface area contributed by atoms with Crippen molar-refractivity contribution in [2.75, 3.05) is 6.61 Å². The van der Waals surface area contributed by atoms with Gasteiger partial charge in [0, 0.05) is 11.1 Å². The van der Waals surface area contributed by atoms with Crippen LogP contribution in [0, 0.1) is 0 Å². The van der Waals surface area contributed by atoms with Crippen molar-refractivity contribution in [3.63, 3.8) is 0 Å². The Labute approximate surface area is 85.7 Å². The maximum atomic E-state index is 11.8. The number of hydrogen-bond donors (Lipinski definition) is 1. The Kier molecular flexibility index (Phi) is 2.97. The molecule has 0 aliphatic rings. The monoisotopic (exact) mass is 222 g/mol. The Hall–Kier alpha value is -1.20. The van der Waals surface area contributed by atoms with Gasteiger partial charge in [-0.3, -0.25) is 0 Å². The molecule has 0 saturated heterocycles. The number of imidazole rings is 1. The molecule has 1 rings (SSSR count). The second kappa shape index (κ2) is 3.75. The molecule has 0 bridgehead atoms. The lowest BCUT2D eigenvalue weighted by atomic mass is 9.93. The highest BCUT2D eigenvalue weighted by Gasteiger charge is 2.29. The van der Waals surface area contributed by atoms with Crippen molar-refractivity contribution in [2.24, 2.45) is 0 Å². The van der Waals surface area contributed by atoms with E-state index in [-0.39, 0.29) is 11.4 Å². The van der Waals surface area contributed by atoms with Crippen molar-refractivity contribution >= 4 is 0 Å². The number of ether oxygens (including phenoxy) is 1. The quantitative estimate of drug-likeness (QED) is 0.835. The molecule has 1 heterocycles. The molecule has 3 nitrogen and oxygen atoms in total. The van der Waals surface area contributed by atoms with Crippen LogP contribution in [0.25, 0.3) is 0 Å². The van der Waals surface area contributed by atoms with Crippen LogP contribution >= 0.6 is 0 Å². The molecular formula is C9H13F3N2O. The van der Waals surface area contributed by atoms with Gasteiger partial charge in [-0.15, -0.1) is 0 Å². The van der Waals surface area contributed by atoms with Gasteiger partial charge in [-0.05, 0) is 0 Å². The van der Waals surface area contributed by atoms with Crippen molar-refractivity contribution in [2.45, 2.75) is 32.4 Å². The van der Waals surface area contributed by atoms with Crippen molar-refractivity contribution in [3.8, 4) is 6.01 Å². The Morgan fingerprint density at radius 3 is 2.33 bits per heavy atom. The van der Waals surface area contributed by atoms with Gasteiger partial charge in [-0.25, -0.2) is 4.98 Å². The van der Waals surface area contributed by atoms with Crippen LogP contribution in [-0.2, 0) is 5.41 Å². The molecule has 1 N–H and O–H groups in total. The second-order valence-corrected chi connectivity index (χ2v) is 4.26. The van der Waals surface area contributed by atoms with Gasteiger partial charge in [0.2, 0.25) is 0 Å². The van der Waals surface area contributed by atoms with Crippen LogP contribution < -0.4 is 4.74 Å². The smallest absolute Gasteiger partial charge is 0.422 e. The van der Waals surface area contributed by atoms with Crippen molar-refractivity contribution in [3.05, 3.63) is 11.9 Å². The van der Waals surface area contributed by atoms with Crippen molar-refractivity contribution in [1.82, 2.24) is 9.97 Å². The number of nitrogens with one attached hydrogen (secondary N) is 1. The summed E-state index contributed by atoms with van der Waals surface area (Å²) in [6, 6.07) is -0.0998. The van der Waals surface area contributed by atoms with Crippen LogP contribution in [0.3, 0.4) is 0 Å². The Bertz CT molecular complexity index is 325. The summed E-state index contributed by atoms with van der Waals surface area (Å²) in [5.41, 5.74) is 0.548. The Morgan fingerprint density at radius 2 is 1.93 bits per heavy atom. The third-order valence-electron chi connectivity index (χ3n) is 1.73. The first-order chi connectivity index (χ1) is 6.68. The lowest BCUT2D eigenvalue weighted by molar-refractivity contribution is -0.154. The van der Waals surface area contributed by atoms with Gasteiger partial charge in [0.15, 0.2) is 6.61 Å². The van der Waals surface area contributed by atoms with Gasteiger partial charge in [-0.2, -0.15) is 13.2 Å². The third-order valence-corrected chi connectivity index (χ3v) is 1.73. The highest BCUT2D eigenvalue weighted by Crippen LogP contribution is 2.22. The zero-order valence-corrected chi connectivity index (χ0v) is 8.77. The minimum absolute atomic E-state index is 0.0998. The first-order valence-electron chi connectivity index (χ1n) is 4.43. The Balaban J connectivity index is 2.62. The molecular weight excluding hydrogens is 209 g/mol. The summed E-state index contributed by atoms with van der Waals surface area (Å²) in [4.78, 5) is 6.40. The summed E-state index contributed by atoms with van der Waals surface area (Å²) >= 11 is 0. The largest absolute Gasteiger partial charge is 0.455 e. The van der Waals surface area contributed by atoms with E-state index in [1.54, 1.807) is 0 Å². The van der Waals surface area contributed by atoms with E-state index in [9.17, 15) is 13.2 Å². The number of rotatable bonds is 2. The SMILES string of the molecule is CC(C)(C)c1cnc(OCC(F)(F)F)[nH]1. The fourth-order valence-electron chi connectivity index (χ4n) is 0.908. The topological polar surface area (TPSA) is 37.9 Å². The van der Waals surface area contributed by atoms with Gasteiger partial charge in [0.1, 0.15) is 0 Å². The van der Waals surface area contributed by atoms with Gasteiger partial charge >= 0.3 is 6.18 Å². The van der Waals surface area contributed by atoms with Gasteiger partial charge < -0.3 is 9.72 Å². The molecule has 0 aliphatic carbocycles. The molecule has 0 fully saturated rings. The molecule has 15 heavy (non-hydrogen) atoms. The second-order valence-electron chi connectivity index (χ2n) is 4.26. The zero-order valence-electron chi connectivity index (χ0n) is 8.77. The van der Waals surface area contributed by atoms with Crippen LogP contribution in [0.2, 0.25) is 0 Å². The summed E-state index contributed by atoms with van der Waals surface area (Å²) in [6.07, 6.45) is -2.86. The van der Waals surface area contributed by atoms with E-state index in [2.05, 4.69) is 14.7 Å². The van der Waals surface area contributed by atoms with Crippen LogP contribution in [0.15, 0.2) is 6.20 Å². The van der Waals surface area contributed by atoms with E-state index < -0.39 is 12.8 Å². The van der Waals surface area contributed by atoms with Crippen LogP contribution in [0.1, 0.15) is 26.5 Å². The van der Waals surface area contributed by atoms with E-state index in [1.165, 1.54) is 6.20 Å². The third kappa shape index (κ3) is 3.81. The molecule has 0 saturated carbocycles. The highest BCUT2D eigenvalue weighted by molar-refractivity contribution is 5.13. The zero-order chi connectivity index (χ0) is 11.7. The molecule has 0 aromatic carbocycles. The number of aromatic nitrogens is 2. The number of alkyl halides is 3. The summed E-state index contributed by atoms with van der Waals surface area (Å²) in [6.45, 7) is 4.44. The molecule has 0 atom stereocenters. The minimum atomic E-state index is -4.34. The lowest BCUT2D eigenvalue weighted by Crippen LogP contribution is -2.19. The van der Waals surface area contributed by atoms with Crippen LogP contribution in [-0.4, -0.2) is 22.8 Å². The lowest BCUT2D eigenvalue weighted by Gasteiger charge is -2.15. The molecule has 1 aromatic rings. The minimum Gasteiger partial charge on any atom is -0.455 e. The van der Waals surface area contributed by atoms with Crippen molar-refractivity contribution < 1.29 is 17.9 Å². The van der Waals surface area contributed by atoms with E-state index >= 15 is 0 Å². The standard InChI is InChI=1S/C9H13F3N2O/c1-8(2,3)6-4-13-7(14-6)15-5-9(10,11)12/h4H,5H2,1-3H3,(H,13,14). The molecule has 0 spiro atoms. The average molecular weight is 222 g/mol. The number of halogens is 3. The molecule has 6 heteroatoms. The Morgan fingerprint density at radius 1 is 1.33 bits per heavy atom. The maximum absolute atomic E-state index is 11.8. The number of hydrogen-bond acceptors (Lipinski definition) is 2. The first kappa shape index (κ1) is 11.9. The van der Waals surface area contributed by atoms with Crippen LogP contribution in [0.4, 0.5) is 13.2 Å². The first-order valence-corrected chi connectivity index (χ1v) is 4.43. The van der Waals surface area contributed by atoms with Crippen LogP contribution in [0.5, 0.6) is 6.01 Å². The van der Waals surface area contributed by atoms with E-state index in [1.807, 2.05) is 20.8 Å². The maximum Gasteiger partial charge on any atom is 0.422 e. The van der Waals surface area contributed by atoms with E-state index in [4.69, 9.17) is 0 Å². The summed E-state index contributed by atoms with van der Waals surface area (Å²) < 4.78 is 39.9. The number of nitrogens with zero attached hydrogens (tertiary/aromatic N) is 1.